The van der Waals surface area contributed by atoms with E-state index in [0.29, 0.717) is 0 Å². The smallest absolute Gasteiger partial charge is 0.137 e. The average Bonchev–Trinajstić information content (AvgIpc) is 1.93. The van der Waals surface area contributed by atoms with Crippen molar-refractivity contribution in [3.8, 4) is 5.75 Å². The minimum atomic E-state index is -2.20. The largest absolute Gasteiger partial charge is 0.772 e. The summed E-state index contributed by atoms with van der Waals surface area (Å²) in [7, 11) is 0. The molecule has 0 saturated carbocycles. The van der Waals surface area contributed by atoms with E-state index in [1.807, 2.05) is 0 Å². The lowest BCUT2D eigenvalue weighted by atomic mass is 10.3. The van der Waals surface area contributed by atoms with Crippen LogP contribution in [0, 0.1) is 0 Å². The maximum Gasteiger partial charge on any atom is 0.137 e. The Morgan fingerprint density at radius 2 is 2.45 bits per heavy atom. The molecule has 0 radical (unpaired) electrons. The molecule has 1 unspecified atom stereocenters. The maximum absolute atomic E-state index is 10.2. The molecule has 1 aromatic rings. The van der Waals surface area contributed by atoms with Crippen LogP contribution < -0.4 is 0 Å². The number of aromatic nitrogens is 1. The Kier molecular flexibility index (Phi) is 2.56. The Labute approximate surface area is 66.2 Å². The first-order valence-corrected chi connectivity index (χ1v) is 4.13. The molecule has 1 atom stereocenters. The summed E-state index contributed by atoms with van der Waals surface area (Å²) < 4.78 is 20.3. The summed E-state index contributed by atoms with van der Waals surface area (Å²) in [5.74, 6) is -0.330. The van der Waals surface area contributed by atoms with Gasteiger partial charge in [-0.2, -0.15) is 0 Å². The van der Waals surface area contributed by atoms with Gasteiger partial charge < -0.3 is 9.66 Å². The molecule has 0 saturated heterocycles. The highest BCUT2D eigenvalue weighted by Crippen LogP contribution is 2.13. The van der Waals surface area contributed by atoms with E-state index in [-0.39, 0.29) is 17.2 Å². The summed E-state index contributed by atoms with van der Waals surface area (Å²) in [5, 5.41) is 9.02. The Bertz CT molecular complexity index is 276. The summed E-state index contributed by atoms with van der Waals surface area (Å²) in [5.41, 5.74) is 0.181. The van der Waals surface area contributed by atoms with Crippen LogP contribution >= 0.6 is 0 Å². The first-order chi connectivity index (χ1) is 5.20. The van der Waals surface area contributed by atoms with Gasteiger partial charge in [-0.25, -0.2) is 0 Å². The van der Waals surface area contributed by atoms with E-state index in [0.717, 1.165) is 0 Å². The van der Waals surface area contributed by atoms with Crippen molar-refractivity contribution in [2.45, 2.75) is 5.75 Å². The lowest BCUT2D eigenvalue weighted by Gasteiger charge is -2.04. The molecule has 4 nitrogen and oxygen atoms in total. The van der Waals surface area contributed by atoms with E-state index < -0.39 is 11.1 Å². The Balaban J connectivity index is 2.86. The molecular weight excluding hydrogens is 166 g/mol. The molecule has 1 aromatic heterocycles. The van der Waals surface area contributed by atoms with Gasteiger partial charge in [-0.3, -0.25) is 9.19 Å². The van der Waals surface area contributed by atoms with Crippen LogP contribution in [-0.2, 0) is 16.8 Å². The average molecular weight is 172 g/mol. The summed E-state index contributed by atoms with van der Waals surface area (Å²) in [6.45, 7) is 0. The first-order valence-electron chi connectivity index (χ1n) is 2.89. The molecule has 0 bridgehead atoms. The Morgan fingerprint density at radius 3 is 3.00 bits per heavy atom. The van der Waals surface area contributed by atoms with Crippen LogP contribution in [0.15, 0.2) is 18.3 Å². The van der Waals surface area contributed by atoms with E-state index >= 15 is 0 Å². The molecular formula is C6H6NO3S-. The SMILES string of the molecule is O=S([O-])Cc1ncccc1O. The van der Waals surface area contributed by atoms with Crippen LogP contribution in [0.4, 0.5) is 0 Å². The molecule has 60 valence electrons. The minimum absolute atomic E-state index is 0.0864. The quantitative estimate of drug-likeness (QED) is 0.645. The highest BCUT2D eigenvalue weighted by atomic mass is 32.2. The molecule has 1 N–H and O–H groups in total. The van der Waals surface area contributed by atoms with E-state index in [4.69, 9.17) is 5.11 Å². The van der Waals surface area contributed by atoms with Gasteiger partial charge in [0, 0.05) is 6.20 Å². The highest BCUT2D eigenvalue weighted by molar-refractivity contribution is 7.78. The number of hydrogen-bond acceptors (Lipinski definition) is 4. The number of nitrogens with zero attached hydrogens (tertiary/aromatic N) is 1. The van der Waals surface area contributed by atoms with Crippen LogP contribution in [0.1, 0.15) is 5.69 Å². The molecule has 11 heavy (non-hydrogen) atoms. The van der Waals surface area contributed by atoms with Gasteiger partial charge in [0.1, 0.15) is 5.75 Å². The molecule has 0 amide bonds. The van der Waals surface area contributed by atoms with Crippen molar-refractivity contribution in [2.75, 3.05) is 0 Å². The molecule has 0 aliphatic carbocycles. The van der Waals surface area contributed by atoms with Crippen molar-refractivity contribution in [1.29, 1.82) is 0 Å². The van der Waals surface area contributed by atoms with E-state index in [1.165, 1.54) is 18.3 Å². The second-order valence-corrected chi connectivity index (χ2v) is 2.81. The van der Waals surface area contributed by atoms with Crippen molar-refractivity contribution in [3.63, 3.8) is 0 Å². The third-order valence-corrected chi connectivity index (χ3v) is 1.63. The van der Waals surface area contributed by atoms with Crippen LogP contribution in [0.25, 0.3) is 0 Å². The van der Waals surface area contributed by atoms with Crippen molar-refractivity contribution in [1.82, 2.24) is 4.98 Å². The van der Waals surface area contributed by atoms with Gasteiger partial charge in [-0.1, -0.05) is 0 Å². The second kappa shape index (κ2) is 3.45. The molecule has 1 heterocycles. The Hall–Kier alpha value is -0.940. The number of rotatable bonds is 2. The zero-order valence-electron chi connectivity index (χ0n) is 5.56. The van der Waals surface area contributed by atoms with Crippen LogP contribution in [-0.4, -0.2) is 18.9 Å². The van der Waals surface area contributed by atoms with Gasteiger partial charge in [0.15, 0.2) is 0 Å². The molecule has 5 heteroatoms. The monoisotopic (exact) mass is 172 g/mol. The van der Waals surface area contributed by atoms with E-state index in [1.54, 1.807) is 0 Å². The van der Waals surface area contributed by atoms with E-state index in [2.05, 4.69) is 4.98 Å². The van der Waals surface area contributed by atoms with Crippen molar-refractivity contribution < 1.29 is 13.9 Å². The molecule has 0 fully saturated rings. The molecule has 0 aliphatic rings. The molecule has 1 rings (SSSR count). The number of hydrogen-bond donors (Lipinski definition) is 1. The first kappa shape index (κ1) is 8.16. The predicted molar refractivity (Wildman–Crippen MR) is 38.5 cm³/mol. The van der Waals surface area contributed by atoms with Crippen molar-refractivity contribution in [2.24, 2.45) is 0 Å². The summed E-state index contributed by atoms with van der Waals surface area (Å²) in [4.78, 5) is 3.68. The fourth-order valence-corrected chi connectivity index (χ4v) is 1.10. The molecule has 0 aliphatic heterocycles. The summed E-state index contributed by atoms with van der Waals surface area (Å²) >= 11 is -2.20. The lowest BCUT2D eigenvalue weighted by molar-refractivity contribution is 0.465. The Morgan fingerprint density at radius 1 is 1.73 bits per heavy atom. The highest BCUT2D eigenvalue weighted by Gasteiger charge is 1.99. The molecule has 0 aromatic carbocycles. The van der Waals surface area contributed by atoms with Crippen molar-refractivity contribution >= 4 is 11.1 Å². The third kappa shape index (κ3) is 2.28. The van der Waals surface area contributed by atoms with Gasteiger partial charge in [-0.05, 0) is 23.2 Å². The summed E-state index contributed by atoms with van der Waals surface area (Å²) in [6.07, 6.45) is 1.43. The van der Waals surface area contributed by atoms with Gasteiger partial charge in [0.05, 0.1) is 11.4 Å². The zero-order chi connectivity index (χ0) is 8.27. The predicted octanol–water partition coefficient (Wildman–Crippen LogP) is 0.166. The fraction of sp³-hybridized carbons (Fsp3) is 0.167. The lowest BCUT2D eigenvalue weighted by Crippen LogP contribution is -1.96. The normalized spacial score (nSPS) is 12.8. The fourth-order valence-electron chi connectivity index (χ4n) is 0.652. The second-order valence-electron chi connectivity index (χ2n) is 1.92. The maximum atomic E-state index is 10.2. The minimum Gasteiger partial charge on any atom is -0.772 e. The topological polar surface area (TPSA) is 73.2 Å². The third-order valence-electron chi connectivity index (χ3n) is 1.12. The van der Waals surface area contributed by atoms with Gasteiger partial charge in [0.25, 0.3) is 0 Å². The number of aromatic hydroxyl groups is 1. The van der Waals surface area contributed by atoms with Crippen LogP contribution in [0.2, 0.25) is 0 Å². The van der Waals surface area contributed by atoms with Gasteiger partial charge in [0.2, 0.25) is 0 Å². The van der Waals surface area contributed by atoms with Crippen molar-refractivity contribution in [3.05, 3.63) is 24.0 Å². The zero-order valence-corrected chi connectivity index (χ0v) is 6.37. The standard InChI is InChI=1S/C6H7NO3S/c8-6-2-1-3-7-5(6)4-11(9)10/h1-3,8H,4H2,(H,9,10)/p-1. The number of pyridine rings is 1. The van der Waals surface area contributed by atoms with Gasteiger partial charge >= 0.3 is 0 Å². The van der Waals surface area contributed by atoms with E-state index in [9.17, 15) is 8.76 Å². The van der Waals surface area contributed by atoms with Crippen LogP contribution in [0.3, 0.4) is 0 Å². The summed E-state index contributed by atoms with van der Waals surface area (Å²) in [6, 6.07) is 2.93. The van der Waals surface area contributed by atoms with Gasteiger partial charge in [-0.15, -0.1) is 0 Å². The van der Waals surface area contributed by atoms with Crippen LogP contribution in [0.5, 0.6) is 5.75 Å². The molecule has 0 spiro atoms.